The van der Waals surface area contributed by atoms with Gasteiger partial charge < -0.3 is 11.5 Å². The van der Waals surface area contributed by atoms with Crippen LogP contribution in [-0.2, 0) is 0 Å². The molecule has 0 saturated heterocycles. The van der Waals surface area contributed by atoms with Crippen LogP contribution >= 0.6 is 31.9 Å². The van der Waals surface area contributed by atoms with Gasteiger partial charge in [-0.05, 0) is 43.1 Å². The van der Waals surface area contributed by atoms with E-state index in [1.807, 2.05) is 18.2 Å². The monoisotopic (exact) mass is 320 g/mol. The van der Waals surface area contributed by atoms with Gasteiger partial charge in [-0.1, -0.05) is 31.9 Å². The van der Waals surface area contributed by atoms with Crippen LogP contribution in [0, 0.1) is 0 Å². The number of rotatable bonds is 4. The molecule has 1 atom stereocenters. The van der Waals surface area contributed by atoms with Crippen molar-refractivity contribution in [3.63, 3.8) is 0 Å². The molecular formula is C10H14Br2N2. The molecule has 0 bridgehead atoms. The Bertz CT molecular complexity index is 302. The number of benzene rings is 1. The van der Waals surface area contributed by atoms with Crippen molar-refractivity contribution in [2.75, 3.05) is 6.54 Å². The summed E-state index contributed by atoms with van der Waals surface area (Å²) in [5.74, 6) is 0. The molecule has 78 valence electrons. The Balaban J connectivity index is 2.77. The molecule has 0 aliphatic heterocycles. The van der Waals surface area contributed by atoms with Crippen molar-refractivity contribution < 1.29 is 0 Å². The van der Waals surface area contributed by atoms with Crippen molar-refractivity contribution >= 4 is 31.9 Å². The Morgan fingerprint density at radius 2 is 2.00 bits per heavy atom. The van der Waals surface area contributed by atoms with Gasteiger partial charge in [0.15, 0.2) is 0 Å². The van der Waals surface area contributed by atoms with E-state index >= 15 is 0 Å². The number of halogens is 2. The lowest BCUT2D eigenvalue weighted by Gasteiger charge is -2.13. The zero-order valence-electron chi connectivity index (χ0n) is 7.84. The molecule has 0 heterocycles. The summed E-state index contributed by atoms with van der Waals surface area (Å²) in [6.07, 6.45) is 1.88. The third-order valence-corrected chi connectivity index (χ3v) is 3.29. The lowest BCUT2D eigenvalue weighted by atomic mass is 10.0. The Hall–Kier alpha value is 0.1000. The molecule has 2 nitrogen and oxygen atoms in total. The fourth-order valence-corrected chi connectivity index (χ4v) is 2.21. The second kappa shape index (κ2) is 5.85. The van der Waals surface area contributed by atoms with Crippen LogP contribution in [-0.4, -0.2) is 6.54 Å². The molecule has 1 aromatic carbocycles. The first-order valence-electron chi connectivity index (χ1n) is 4.55. The Morgan fingerprint density at radius 3 is 2.64 bits per heavy atom. The number of nitrogens with two attached hydrogens (primary N) is 2. The Kier molecular flexibility index (Phi) is 5.09. The minimum Gasteiger partial charge on any atom is -0.330 e. The summed E-state index contributed by atoms with van der Waals surface area (Å²) in [4.78, 5) is 0. The highest BCUT2D eigenvalue weighted by molar-refractivity contribution is 9.11. The second-order valence-electron chi connectivity index (χ2n) is 3.20. The molecule has 0 fully saturated rings. The summed E-state index contributed by atoms with van der Waals surface area (Å²) in [6.45, 7) is 0.694. The molecule has 4 N–H and O–H groups in total. The molecule has 14 heavy (non-hydrogen) atoms. The van der Waals surface area contributed by atoms with Crippen molar-refractivity contribution in [1.29, 1.82) is 0 Å². The quantitative estimate of drug-likeness (QED) is 0.895. The first kappa shape index (κ1) is 12.2. The van der Waals surface area contributed by atoms with Crippen molar-refractivity contribution in [1.82, 2.24) is 0 Å². The van der Waals surface area contributed by atoms with Crippen LogP contribution in [0.3, 0.4) is 0 Å². The van der Waals surface area contributed by atoms with E-state index in [2.05, 4.69) is 31.9 Å². The van der Waals surface area contributed by atoms with E-state index in [0.717, 1.165) is 27.4 Å². The van der Waals surface area contributed by atoms with Gasteiger partial charge in [0.2, 0.25) is 0 Å². The van der Waals surface area contributed by atoms with Gasteiger partial charge in [0, 0.05) is 15.0 Å². The number of hydrogen-bond donors (Lipinski definition) is 2. The molecule has 0 aliphatic rings. The van der Waals surface area contributed by atoms with Crippen LogP contribution in [0.2, 0.25) is 0 Å². The predicted octanol–water partition coefficient (Wildman–Crippen LogP) is 2.95. The topological polar surface area (TPSA) is 52.0 Å². The van der Waals surface area contributed by atoms with E-state index in [4.69, 9.17) is 11.5 Å². The maximum atomic E-state index is 6.04. The van der Waals surface area contributed by atoms with Gasteiger partial charge in [0.05, 0.1) is 0 Å². The lowest BCUT2D eigenvalue weighted by molar-refractivity contribution is 0.616. The molecule has 0 saturated carbocycles. The standard InChI is InChI=1S/C10H14Br2N2/c11-7-3-4-9(12)8(6-7)10(14)2-1-5-13/h3-4,6,10H,1-2,5,13-14H2/t10-/m0/s1. The molecule has 1 aromatic rings. The first-order chi connectivity index (χ1) is 6.65. The molecule has 0 aliphatic carbocycles. The summed E-state index contributed by atoms with van der Waals surface area (Å²) in [7, 11) is 0. The van der Waals surface area contributed by atoms with Crippen molar-refractivity contribution in [2.45, 2.75) is 18.9 Å². The van der Waals surface area contributed by atoms with Crippen molar-refractivity contribution in [3.8, 4) is 0 Å². The van der Waals surface area contributed by atoms with E-state index < -0.39 is 0 Å². The summed E-state index contributed by atoms with van der Waals surface area (Å²) < 4.78 is 2.11. The molecule has 0 aromatic heterocycles. The average molecular weight is 322 g/mol. The number of hydrogen-bond acceptors (Lipinski definition) is 2. The van der Waals surface area contributed by atoms with Gasteiger partial charge in [-0.3, -0.25) is 0 Å². The third-order valence-electron chi connectivity index (χ3n) is 2.08. The minimum atomic E-state index is 0.0606. The molecule has 0 radical (unpaired) electrons. The lowest BCUT2D eigenvalue weighted by Crippen LogP contribution is -2.13. The Labute approximate surface area is 101 Å². The van der Waals surface area contributed by atoms with Crippen molar-refractivity contribution in [3.05, 3.63) is 32.7 Å². The highest BCUT2D eigenvalue weighted by Crippen LogP contribution is 2.27. The first-order valence-corrected chi connectivity index (χ1v) is 6.14. The SMILES string of the molecule is NCCC[C@H](N)c1cc(Br)ccc1Br. The molecule has 0 amide bonds. The Morgan fingerprint density at radius 1 is 1.29 bits per heavy atom. The van der Waals surface area contributed by atoms with E-state index in [1.54, 1.807) is 0 Å². The summed E-state index contributed by atoms with van der Waals surface area (Å²) in [6, 6.07) is 6.10. The van der Waals surface area contributed by atoms with E-state index in [-0.39, 0.29) is 6.04 Å². The van der Waals surface area contributed by atoms with E-state index in [0.29, 0.717) is 6.54 Å². The van der Waals surface area contributed by atoms with Crippen LogP contribution in [0.1, 0.15) is 24.4 Å². The zero-order chi connectivity index (χ0) is 10.6. The van der Waals surface area contributed by atoms with E-state index in [9.17, 15) is 0 Å². The fourth-order valence-electron chi connectivity index (χ4n) is 1.29. The maximum absolute atomic E-state index is 6.04. The smallest absolute Gasteiger partial charge is 0.0306 e. The van der Waals surface area contributed by atoms with Gasteiger partial charge in [-0.2, -0.15) is 0 Å². The highest BCUT2D eigenvalue weighted by atomic mass is 79.9. The van der Waals surface area contributed by atoms with Crippen LogP contribution in [0.4, 0.5) is 0 Å². The predicted molar refractivity (Wildman–Crippen MR) is 67.1 cm³/mol. The van der Waals surface area contributed by atoms with Gasteiger partial charge >= 0.3 is 0 Å². The van der Waals surface area contributed by atoms with Crippen LogP contribution in [0.25, 0.3) is 0 Å². The van der Waals surface area contributed by atoms with E-state index in [1.165, 1.54) is 0 Å². The van der Waals surface area contributed by atoms with Gasteiger partial charge in [0.25, 0.3) is 0 Å². The molecule has 1 rings (SSSR count). The molecule has 0 spiro atoms. The maximum Gasteiger partial charge on any atom is 0.0306 e. The summed E-state index contributed by atoms with van der Waals surface area (Å²) >= 11 is 6.92. The largest absolute Gasteiger partial charge is 0.330 e. The average Bonchev–Trinajstić information content (AvgIpc) is 2.18. The molecule has 4 heteroatoms. The highest BCUT2D eigenvalue weighted by Gasteiger charge is 2.09. The van der Waals surface area contributed by atoms with Crippen LogP contribution in [0.15, 0.2) is 27.1 Å². The molecule has 0 unspecified atom stereocenters. The van der Waals surface area contributed by atoms with Gasteiger partial charge in [-0.25, -0.2) is 0 Å². The van der Waals surface area contributed by atoms with Gasteiger partial charge in [0.1, 0.15) is 0 Å². The minimum absolute atomic E-state index is 0.0606. The zero-order valence-corrected chi connectivity index (χ0v) is 11.0. The van der Waals surface area contributed by atoms with Gasteiger partial charge in [-0.15, -0.1) is 0 Å². The van der Waals surface area contributed by atoms with Crippen LogP contribution < -0.4 is 11.5 Å². The summed E-state index contributed by atoms with van der Waals surface area (Å²) in [5.41, 5.74) is 12.6. The molecular weight excluding hydrogens is 308 g/mol. The third kappa shape index (κ3) is 3.35. The second-order valence-corrected chi connectivity index (χ2v) is 4.97. The fraction of sp³-hybridized carbons (Fsp3) is 0.400. The van der Waals surface area contributed by atoms with Crippen LogP contribution in [0.5, 0.6) is 0 Å². The summed E-state index contributed by atoms with van der Waals surface area (Å²) in [5, 5.41) is 0. The normalized spacial score (nSPS) is 12.9. The van der Waals surface area contributed by atoms with Crippen molar-refractivity contribution in [2.24, 2.45) is 11.5 Å².